The van der Waals surface area contributed by atoms with Crippen LogP contribution in [0.15, 0.2) is 48.7 Å². The minimum absolute atomic E-state index is 0. The number of aryl methyl sites for hydroxylation is 1. The van der Waals surface area contributed by atoms with Crippen LogP contribution in [0.5, 0.6) is 0 Å². The summed E-state index contributed by atoms with van der Waals surface area (Å²) >= 11 is 12.3. The summed E-state index contributed by atoms with van der Waals surface area (Å²) in [5.41, 5.74) is 4.00. The number of amides is 1. The lowest BCUT2D eigenvalue weighted by atomic mass is 10.1. The minimum atomic E-state index is -0.147. The zero-order valence-corrected chi connectivity index (χ0v) is 17.7. The van der Waals surface area contributed by atoms with Crippen LogP contribution < -0.4 is 22.3 Å². The lowest BCUT2D eigenvalue weighted by Gasteiger charge is -2.08. The Kier molecular flexibility index (Phi) is 6.33. The Morgan fingerprint density at radius 1 is 1.14 bits per heavy atom. The molecular formula is C21H20Cl3N3O. The fourth-order valence-electron chi connectivity index (χ4n) is 3.55. The predicted molar refractivity (Wildman–Crippen MR) is 108 cm³/mol. The van der Waals surface area contributed by atoms with Crippen molar-refractivity contribution in [2.75, 3.05) is 5.32 Å². The third-order valence-corrected chi connectivity index (χ3v) is 5.51. The van der Waals surface area contributed by atoms with Crippen molar-refractivity contribution in [3.8, 4) is 11.3 Å². The van der Waals surface area contributed by atoms with Gasteiger partial charge in [-0.2, -0.15) is 0 Å². The van der Waals surface area contributed by atoms with Crippen LogP contribution in [0, 0.1) is 6.92 Å². The van der Waals surface area contributed by atoms with E-state index in [1.807, 2.05) is 4.57 Å². The Labute approximate surface area is 180 Å². The molecule has 0 radical (unpaired) electrons. The van der Waals surface area contributed by atoms with E-state index in [4.69, 9.17) is 23.2 Å². The molecule has 28 heavy (non-hydrogen) atoms. The first-order valence-electron chi connectivity index (χ1n) is 8.95. The molecule has 3 aromatic rings. The first-order valence-corrected chi connectivity index (χ1v) is 9.71. The molecule has 1 amide bonds. The smallest absolute Gasteiger partial charge is 0.266 e. The molecular weight excluding hydrogens is 417 g/mol. The number of nitrogens with one attached hydrogen (secondary N) is 1. The van der Waals surface area contributed by atoms with Gasteiger partial charge in [0, 0.05) is 5.56 Å². The zero-order valence-electron chi connectivity index (χ0n) is 15.4. The van der Waals surface area contributed by atoms with E-state index in [0.29, 0.717) is 15.7 Å². The average Bonchev–Trinajstić information content (AvgIpc) is 3.23. The van der Waals surface area contributed by atoms with Crippen LogP contribution >= 0.6 is 23.2 Å². The van der Waals surface area contributed by atoms with E-state index in [1.165, 1.54) is 11.4 Å². The van der Waals surface area contributed by atoms with Crippen LogP contribution in [0.4, 0.5) is 5.69 Å². The van der Waals surface area contributed by atoms with Crippen LogP contribution in [0.2, 0.25) is 10.0 Å². The van der Waals surface area contributed by atoms with Gasteiger partial charge in [0.2, 0.25) is 0 Å². The lowest BCUT2D eigenvalue weighted by Crippen LogP contribution is -3.00. The van der Waals surface area contributed by atoms with Crippen molar-refractivity contribution in [2.45, 2.75) is 32.9 Å². The molecule has 0 aliphatic carbocycles. The van der Waals surface area contributed by atoms with E-state index in [1.54, 1.807) is 18.2 Å². The maximum absolute atomic E-state index is 12.6. The van der Waals surface area contributed by atoms with Crippen molar-refractivity contribution >= 4 is 34.8 Å². The molecule has 7 heteroatoms. The SMILES string of the molecule is Cc1ccc(-c2c[n+](CC(=O)Nc3c(Cl)cccc3Cl)c3n2CCC3)cc1.[Cl-]. The summed E-state index contributed by atoms with van der Waals surface area (Å²) in [5, 5.41) is 3.71. The van der Waals surface area contributed by atoms with E-state index in [9.17, 15) is 4.79 Å². The van der Waals surface area contributed by atoms with Gasteiger partial charge in [0.25, 0.3) is 11.7 Å². The number of anilines is 1. The number of carbonyl (C=O) groups is 1. The van der Waals surface area contributed by atoms with Crippen molar-refractivity contribution in [1.82, 2.24) is 4.57 Å². The molecule has 1 aliphatic heterocycles. The molecule has 2 heterocycles. The summed E-state index contributed by atoms with van der Waals surface area (Å²) in [5.74, 6) is 1.02. The van der Waals surface area contributed by atoms with Gasteiger partial charge in [0.1, 0.15) is 6.20 Å². The highest BCUT2D eigenvalue weighted by Crippen LogP contribution is 2.30. The van der Waals surface area contributed by atoms with Crippen molar-refractivity contribution in [3.05, 3.63) is 70.1 Å². The maximum Gasteiger partial charge on any atom is 0.266 e. The molecule has 1 N–H and O–H groups in total. The highest BCUT2D eigenvalue weighted by atomic mass is 35.5. The highest BCUT2D eigenvalue weighted by molar-refractivity contribution is 6.39. The third kappa shape index (κ3) is 4.04. The Morgan fingerprint density at radius 2 is 1.82 bits per heavy atom. The Hall–Kier alpha value is -2.01. The quantitative estimate of drug-likeness (QED) is 0.621. The van der Waals surface area contributed by atoms with Gasteiger partial charge >= 0.3 is 0 Å². The fourth-order valence-corrected chi connectivity index (χ4v) is 4.04. The lowest BCUT2D eigenvalue weighted by molar-refractivity contribution is -0.690. The van der Waals surface area contributed by atoms with E-state index >= 15 is 0 Å². The molecule has 0 bridgehead atoms. The first-order chi connectivity index (χ1) is 13.0. The van der Waals surface area contributed by atoms with Gasteiger partial charge in [-0.1, -0.05) is 59.1 Å². The van der Waals surface area contributed by atoms with Crippen LogP contribution in [-0.4, -0.2) is 10.5 Å². The van der Waals surface area contributed by atoms with Gasteiger partial charge in [-0.15, -0.1) is 0 Å². The van der Waals surface area contributed by atoms with Crippen LogP contribution in [0.1, 0.15) is 17.8 Å². The zero-order chi connectivity index (χ0) is 19.0. The molecule has 0 spiro atoms. The van der Waals surface area contributed by atoms with Gasteiger partial charge in [-0.25, -0.2) is 9.13 Å². The summed E-state index contributed by atoms with van der Waals surface area (Å²) in [6.07, 6.45) is 4.12. The van der Waals surface area contributed by atoms with Crippen molar-refractivity contribution in [1.29, 1.82) is 0 Å². The molecule has 0 unspecified atom stereocenters. The molecule has 1 aliphatic rings. The molecule has 4 nitrogen and oxygen atoms in total. The van der Waals surface area contributed by atoms with Crippen LogP contribution in [0.3, 0.4) is 0 Å². The average molecular weight is 437 g/mol. The topological polar surface area (TPSA) is 37.9 Å². The number of aromatic nitrogens is 2. The number of imidazole rings is 1. The van der Waals surface area contributed by atoms with Crippen molar-refractivity contribution in [3.63, 3.8) is 0 Å². The third-order valence-electron chi connectivity index (χ3n) is 4.88. The predicted octanol–water partition coefficient (Wildman–Crippen LogP) is 1.65. The number of nitrogens with zero attached hydrogens (tertiary/aromatic N) is 2. The number of carbonyl (C=O) groups excluding carboxylic acids is 1. The molecule has 146 valence electrons. The second-order valence-electron chi connectivity index (χ2n) is 6.82. The second kappa shape index (κ2) is 8.56. The fraction of sp³-hybridized carbons (Fsp3) is 0.238. The van der Waals surface area contributed by atoms with Gasteiger partial charge < -0.3 is 17.7 Å². The molecule has 0 saturated carbocycles. The Morgan fingerprint density at radius 3 is 2.50 bits per heavy atom. The number of hydrogen-bond donors (Lipinski definition) is 1. The van der Waals surface area contributed by atoms with Gasteiger partial charge in [0.05, 0.1) is 28.7 Å². The number of halogens is 3. The van der Waals surface area contributed by atoms with Crippen molar-refractivity contribution in [2.24, 2.45) is 0 Å². The van der Waals surface area contributed by atoms with E-state index in [2.05, 4.69) is 47.3 Å². The monoisotopic (exact) mass is 435 g/mol. The second-order valence-corrected chi connectivity index (χ2v) is 7.64. The highest BCUT2D eigenvalue weighted by Gasteiger charge is 2.29. The van der Waals surface area contributed by atoms with Gasteiger partial charge in [-0.3, -0.25) is 4.79 Å². The van der Waals surface area contributed by atoms with E-state index in [0.717, 1.165) is 30.6 Å². The van der Waals surface area contributed by atoms with Crippen molar-refractivity contribution < 1.29 is 21.8 Å². The largest absolute Gasteiger partial charge is 1.00 e. The maximum atomic E-state index is 12.6. The first kappa shape index (κ1) is 20.7. The Balaban J connectivity index is 0.00000225. The molecule has 2 aromatic carbocycles. The minimum Gasteiger partial charge on any atom is -1.00 e. The van der Waals surface area contributed by atoms with Gasteiger partial charge in [0.15, 0.2) is 12.2 Å². The normalized spacial score (nSPS) is 12.4. The molecule has 0 saturated heterocycles. The summed E-state index contributed by atoms with van der Waals surface area (Å²) < 4.78 is 4.34. The number of benzene rings is 2. The van der Waals surface area contributed by atoms with Crippen LogP contribution in [0.25, 0.3) is 11.3 Å². The van der Waals surface area contributed by atoms with E-state index in [-0.39, 0.29) is 24.9 Å². The summed E-state index contributed by atoms with van der Waals surface area (Å²) in [6.45, 7) is 3.28. The molecule has 0 fully saturated rings. The summed E-state index contributed by atoms with van der Waals surface area (Å²) in [7, 11) is 0. The molecule has 0 atom stereocenters. The number of para-hydroxylation sites is 1. The molecule has 1 aromatic heterocycles. The van der Waals surface area contributed by atoms with E-state index < -0.39 is 0 Å². The number of rotatable bonds is 4. The van der Waals surface area contributed by atoms with Crippen LogP contribution in [-0.2, 0) is 24.3 Å². The Bertz CT molecular complexity index is 992. The summed E-state index contributed by atoms with van der Waals surface area (Å²) in [6, 6.07) is 13.7. The van der Waals surface area contributed by atoms with Gasteiger partial charge in [-0.05, 0) is 25.5 Å². The standard InChI is InChI=1S/C21H19Cl2N3O.ClH/c1-14-7-9-15(10-8-14)18-12-25(20-6-3-11-26(18)20)13-19(27)24-21-16(22)4-2-5-17(21)23;/h2,4-5,7-10,12H,3,6,11,13H2,1H3;1H. The molecule has 4 rings (SSSR count). The number of hydrogen-bond acceptors (Lipinski definition) is 1. The number of fused-ring (bicyclic) bond motifs is 1. The summed E-state index contributed by atoms with van der Waals surface area (Å²) in [4.78, 5) is 12.6.